The number of alkyl halides is 3. The van der Waals surface area contributed by atoms with Gasteiger partial charge in [0.2, 0.25) is 0 Å². The summed E-state index contributed by atoms with van der Waals surface area (Å²) in [6.07, 6.45) is -3.19. The molecule has 0 amide bonds. The van der Waals surface area contributed by atoms with E-state index < -0.39 is 11.7 Å². The van der Waals surface area contributed by atoms with Crippen LogP contribution in [-0.2, 0) is 6.18 Å². The van der Waals surface area contributed by atoms with Gasteiger partial charge in [-0.3, -0.25) is 0 Å². The van der Waals surface area contributed by atoms with Crippen molar-refractivity contribution in [1.29, 1.82) is 5.26 Å². The summed E-state index contributed by atoms with van der Waals surface area (Å²) in [5.41, 5.74) is 4.91. The molecule has 0 atom stereocenters. The molecule has 2 rings (SSSR count). The maximum absolute atomic E-state index is 12.6. The maximum Gasteiger partial charge on any atom is 0.416 e. The fourth-order valence-corrected chi connectivity index (χ4v) is 1.97. The third-order valence-electron chi connectivity index (χ3n) is 2.64. The van der Waals surface area contributed by atoms with E-state index in [-0.39, 0.29) is 22.1 Å². The first kappa shape index (κ1) is 15.2. The molecule has 0 radical (unpaired) electrons. The summed E-state index contributed by atoms with van der Waals surface area (Å²) in [7, 11) is 1.58. The van der Waals surface area contributed by atoms with Crippen LogP contribution in [0.2, 0.25) is 5.02 Å². The van der Waals surface area contributed by atoms with Crippen LogP contribution in [0.3, 0.4) is 0 Å². The number of nitriles is 1. The van der Waals surface area contributed by atoms with Crippen LogP contribution >= 0.6 is 11.6 Å². The molecule has 0 saturated carbocycles. The van der Waals surface area contributed by atoms with Gasteiger partial charge in [0.15, 0.2) is 5.82 Å². The standard InChI is InChI=1S/C12H9ClF3N5/c1-18-20-11-7(5-17)6-19-21(11)10-3-2-8(4-9(10)13)12(14,15)16/h2-4,6,18,20H,1H3. The minimum Gasteiger partial charge on any atom is -0.305 e. The molecular formula is C12H9ClF3N5. The van der Waals surface area contributed by atoms with Crippen LogP contribution in [0.25, 0.3) is 5.69 Å². The molecule has 9 heteroatoms. The lowest BCUT2D eigenvalue weighted by molar-refractivity contribution is -0.137. The van der Waals surface area contributed by atoms with Gasteiger partial charge in [0.25, 0.3) is 0 Å². The highest BCUT2D eigenvalue weighted by Gasteiger charge is 2.31. The Bertz CT molecular complexity index is 702. The van der Waals surface area contributed by atoms with Gasteiger partial charge < -0.3 is 5.43 Å². The van der Waals surface area contributed by atoms with Gasteiger partial charge in [-0.15, -0.1) is 0 Å². The molecule has 2 aromatic rings. The fraction of sp³-hybridized carbons (Fsp3) is 0.167. The Kier molecular flexibility index (Phi) is 4.06. The van der Waals surface area contributed by atoms with Crippen molar-refractivity contribution in [3.8, 4) is 11.8 Å². The summed E-state index contributed by atoms with van der Waals surface area (Å²) in [6, 6.07) is 4.83. The number of hydrogen-bond donors (Lipinski definition) is 2. The van der Waals surface area contributed by atoms with Crippen molar-refractivity contribution in [2.75, 3.05) is 12.5 Å². The second-order valence-electron chi connectivity index (χ2n) is 3.97. The largest absolute Gasteiger partial charge is 0.416 e. The number of hydrogen-bond acceptors (Lipinski definition) is 4. The van der Waals surface area contributed by atoms with Crippen molar-refractivity contribution in [3.63, 3.8) is 0 Å². The Morgan fingerprint density at radius 1 is 1.38 bits per heavy atom. The number of nitrogens with zero attached hydrogens (tertiary/aromatic N) is 3. The number of hydrazine groups is 1. The van der Waals surface area contributed by atoms with Gasteiger partial charge in [-0.2, -0.15) is 23.5 Å². The molecule has 0 aliphatic rings. The van der Waals surface area contributed by atoms with Crippen molar-refractivity contribution in [1.82, 2.24) is 15.2 Å². The summed E-state index contributed by atoms with van der Waals surface area (Å²) in [4.78, 5) is 0. The molecule has 2 N–H and O–H groups in total. The highest BCUT2D eigenvalue weighted by atomic mass is 35.5. The van der Waals surface area contributed by atoms with Crippen LogP contribution in [0, 0.1) is 11.3 Å². The van der Waals surface area contributed by atoms with E-state index in [1.165, 1.54) is 16.9 Å². The summed E-state index contributed by atoms with van der Waals surface area (Å²) in [5, 5.41) is 12.8. The van der Waals surface area contributed by atoms with Gasteiger partial charge in [-0.1, -0.05) is 11.6 Å². The Morgan fingerprint density at radius 3 is 2.62 bits per heavy atom. The molecule has 0 aliphatic carbocycles. The van der Waals surface area contributed by atoms with E-state index in [4.69, 9.17) is 16.9 Å². The smallest absolute Gasteiger partial charge is 0.305 e. The lowest BCUT2D eigenvalue weighted by Crippen LogP contribution is -2.19. The van der Waals surface area contributed by atoms with Gasteiger partial charge in [0, 0.05) is 7.05 Å². The highest BCUT2D eigenvalue weighted by Crippen LogP contribution is 2.34. The van der Waals surface area contributed by atoms with E-state index in [1.54, 1.807) is 7.05 Å². The average Bonchev–Trinajstić information content (AvgIpc) is 2.81. The van der Waals surface area contributed by atoms with E-state index in [1.807, 2.05) is 6.07 Å². The molecule has 5 nitrogen and oxygen atoms in total. The second kappa shape index (κ2) is 5.63. The molecule has 0 spiro atoms. The Hall–Kier alpha value is -2.24. The van der Waals surface area contributed by atoms with E-state index >= 15 is 0 Å². The van der Waals surface area contributed by atoms with Crippen molar-refractivity contribution in [3.05, 3.63) is 40.5 Å². The second-order valence-corrected chi connectivity index (χ2v) is 4.38. The molecule has 1 aromatic heterocycles. The number of aromatic nitrogens is 2. The van der Waals surface area contributed by atoms with Crippen LogP contribution in [0.4, 0.5) is 19.0 Å². The van der Waals surface area contributed by atoms with Crippen LogP contribution in [0.1, 0.15) is 11.1 Å². The molecule has 0 saturated heterocycles. The number of anilines is 1. The van der Waals surface area contributed by atoms with Crippen molar-refractivity contribution in [2.45, 2.75) is 6.18 Å². The van der Waals surface area contributed by atoms with Crippen LogP contribution in [0.5, 0.6) is 0 Å². The third kappa shape index (κ3) is 2.94. The number of benzene rings is 1. The lowest BCUT2D eigenvalue weighted by atomic mass is 10.2. The number of halogens is 4. The predicted molar refractivity (Wildman–Crippen MR) is 71.0 cm³/mol. The van der Waals surface area contributed by atoms with E-state index in [2.05, 4.69) is 16.0 Å². The fourth-order valence-electron chi connectivity index (χ4n) is 1.71. The third-order valence-corrected chi connectivity index (χ3v) is 2.94. The summed E-state index contributed by atoms with van der Waals surface area (Å²) >= 11 is 5.90. The summed E-state index contributed by atoms with van der Waals surface area (Å²) in [5.74, 6) is 0.279. The molecule has 110 valence electrons. The first-order valence-electron chi connectivity index (χ1n) is 5.66. The molecule has 21 heavy (non-hydrogen) atoms. The SMILES string of the molecule is CNNc1c(C#N)cnn1-c1ccc(C(F)(F)F)cc1Cl. The van der Waals surface area contributed by atoms with Gasteiger partial charge in [-0.25, -0.2) is 10.1 Å². The summed E-state index contributed by atoms with van der Waals surface area (Å²) < 4.78 is 39.1. The quantitative estimate of drug-likeness (QED) is 0.855. The van der Waals surface area contributed by atoms with E-state index in [0.717, 1.165) is 12.1 Å². The van der Waals surface area contributed by atoms with Gasteiger partial charge in [-0.05, 0) is 18.2 Å². The predicted octanol–water partition coefficient (Wildman–Crippen LogP) is 2.96. The van der Waals surface area contributed by atoms with Gasteiger partial charge >= 0.3 is 6.18 Å². The van der Waals surface area contributed by atoms with E-state index in [0.29, 0.717) is 0 Å². The van der Waals surface area contributed by atoms with Crippen molar-refractivity contribution >= 4 is 17.4 Å². The minimum absolute atomic E-state index is 0.128. The van der Waals surface area contributed by atoms with E-state index in [9.17, 15) is 13.2 Å². The van der Waals surface area contributed by atoms with Crippen molar-refractivity contribution in [2.24, 2.45) is 0 Å². The summed E-state index contributed by atoms with van der Waals surface area (Å²) in [6.45, 7) is 0. The topological polar surface area (TPSA) is 65.7 Å². The maximum atomic E-state index is 12.6. The van der Waals surface area contributed by atoms with Gasteiger partial charge in [0.05, 0.1) is 22.5 Å². The van der Waals surface area contributed by atoms with Crippen molar-refractivity contribution < 1.29 is 13.2 Å². The zero-order valence-electron chi connectivity index (χ0n) is 10.7. The molecule has 0 fully saturated rings. The van der Waals surface area contributed by atoms with Gasteiger partial charge in [0.1, 0.15) is 11.6 Å². The average molecular weight is 316 g/mol. The zero-order chi connectivity index (χ0) is 15.6. The molecular weight excluding hydrogens is 307 g/mol. The van der Waals surface area contributed by atoms with Crippen LogP contribution < -0.4 is 10.9 Å². The Morgan fingerprint density at radius 2 is 2.10 bits per heavy atom. The monoisotopic (exact) mass is 315 g/mol. The highest BCUT2D eigenvalue weighted by molar-refractivity contribution is 6.32. The normalized spacial score (nSPS) is 11.2. The Balaban J connectivity index is 2.53. The number of nitrogens with one attached hydrogen (secondary N) is 2. The zero-order valence-corrected chi connectivity index (χ0v) is 11.4. The number of rotatable bonds is 3. The molecule has 0 unspecified atom stereocenters. The first-order valence-corrected chi connectivity index (χ1v) is 6.04. The van der Waals surface area contributed by atoms with Crippen LogP contribution in [-0.4, -0.2) is 16.8 Å². The molecule has 0 bridgehead atoms. The first-order chi connectivity index (χ1) is 9.88. The lowest BCUT2D eigenvalue weighted by Gasteiger charge is -2.13. The molecule has 1 heterocycles. The molecule has 0 aliphatic heterocycles. The van der Waals surface area contributed by atoms with Crippen LogP contribution in [0.15, 0.2) is 24.4 Å². The Labute approximate surface area is 122 Å². The molecule has 1 aromatic carbocycles. The minimum atomic E-state index is -4.48.